The minimum absolute atomic E-state index is 0.0462. The number of hydrogen-bond acceptors (Lipinski definition) is 7. The number of aliphatic hydroxyl groups is 3. The maximum atomic E-state index is 12.3. The molecule has 6 rings (SSSR count). The average Bonchev–Trinajstić information content (AvgIpc) is 3.36. The number of anilines is 1. The van der Waals surface area contributed by atoms with Crippen LogP contribution in [-0.4, -0.2) is 82.3 Å². The molecule has 1 aromatic rings. The van der Waals surface area contributed by atoms with Gasteiger partial charge in [0.25, 0.3) is 0 Å². The summed E-state index contributed by atoms with van der Waals surface area (Å²) in [5.74, 6) is -0.647. The fourth-order valence-electron chi connectivity index (χ4n) is 8.32. The summed E-state index contributed by atoms with van der Waals surface area (Å²) in [6.45, 7) is 4.07. The molecule has 8 atom stereocenters. The molecule has 1 spiro atoms. The topological polar surface area (TPSA) is 93.5 Å². The van der Waals surface area contributed by atoms with E-state index in [4.69, 9.17) is 4.74 Å². The SMILES string of the molecule is CCC12CCCN3CCC4(c5ccccc5N(C5OC(CO)C(=O)C(O)C5O)C4CC1)C32. The van der Waals surface area contributed by atoms with Crippen molar-refractivity contribution in [2.45, 2.75) is 87.5 Å². The van der Waals surface area contributed by atoms with Crippen LogP contribution in [0.4, 0.5) is 5.69 Å². The smallest absolute Gasteiger partial charge is 0.195 e. The van der Waals surface area contributed by atoms with Gasteiger partial charge in [-0.2, -0.15) is 0 Å². The molecule has 1 aliphatic carbocycles. The molecule has 1 saturated carbocycles. The third kappa shape index (κ3) is 2.46. The number of benzene rings is 1. The first-order valence-corrected chi connectivity index (χ1v) is 12.3. The number of Topliss-reactive ketones (excluding diaryl/α,β-unsaturated/α-hetero) is 1. The second kappa shape index (κ2) is 7.24. The van der Waals surface area contributed by atoms with Gasteiger partial charge in [0.15, 0.2) is 12.0 Å². The van der Waals surface area contributed by atoms with Crippen LogP contribution in [-0.2, 0) is 14.9 Å². The van der Waals surface area contributed by atoms with E-state index in [1.54, 1.807) is 0 Å². The monoisotopic (exact) mass is 442 g/mol. The summed E-state index contributed by atoms with van der Waals surface area (Å²) in [6, 6.07) is 9.04. The number of carbonyl (C=O) groups is 1. The molecular weight excluding hydrogens is 408 g/mol. The first-order chi connectivity index (χ1) is 15.5. The summed E-state index contributed by atoms with van der Waals surface area (Å²) in [5.41, 5.74) is 2.62. The fraction of sp³-hybridized carbons (Fsp3) is 0.720. The average molecular weight is 443 g/mol. The maximum Gasteiger partial charge on any atom is 0.195 e. The number of ether oxygens (including phenoxy) is 1. The summed E-state index contributed by atoms with van der Waals surface area (Å²) < 4.78 is 6.01. The number of hydrogen-bond donors (Lipinski definition) is 3. The molecule has 0 radical (unpaired) electrons. The lowest BCUT2D eigenvalue weighted by Crippen LogP contribution is -2.68. The second-order valence-electron chi connectivity index (χ2n) is 10.6. The van der Waals surface area contributed by atoms with Crippen molar-refractivity contribution in [3.05, 3.63) is 29.8 Å². The summed E-state index contributed by atoms with van der Waals surface area (Å²) in [7, 11) is 0. The minimum Gasteiger partial charge on any atom is -0.393 e. The Bertz CT molecular complexity index is 921. The van der Waals surface area contributed by atoms with E-state index in [9.17, 15) is 20.1 Å². The molecule has 8 unspecified atom stereocenters. The van der Waals surface area contributed by atoms with Crippen LogP contribution in [0.2, 0.25) is 0 Å². The molecule has 3 N–H and O–H groups in total. The zero-order valence-electron chi connectivity index (χ0n) is 18.7. The zero-order chi connectivity index (χ0) is 22.3. The van der Waals surface area contributed by atoms with E-state index in [1.807, 2.05) is 6.07 Å². The second-order valence-corrected chi connectivity index (χ2v) is 10.6. The Morgan fingerprint density at radius 2 is 1.97 bits per heavy atom. The summed E-state index contributed by atoms with van der Waals surface area (Å²) in [4.78, 5) is 17.2. The summed E-state index contributed by atoms with van der Waals surface area (Å²) >= 11 is 0. The molecule has 4 fully saturated rings. The lowest BCUT2D eigenvalue weighted by atomic mass is 9.52. The molecule has 32 heavy (non-hydrogen) atoms. The number of piperidine rings is 1. The molecule has 174 valence electrons. The van der Waals surface area contributed by atoms with Crippen molar-refractivity contribution in [3.63, 3.8) is 0 Å². The Morgan fingerprint density at radius 1 is 1.16 bits per heavy atom. The number of ketones is 1. The van der Waals surface area contributed by atoms with Crippen molar-refractivity contribution in [3.8, 4) is 0 Å². The van der Waals surface area contributed by atoms with E-state index >= 15 is 0 Å². The van der Waals surface area contributed by atoms with Crippen LogP contribution < -0.4 is 4.90 Å². The first-order valence-electron chi connectivity index (χ1n) is 12.3. The van der Waals surface area contributed by atoms with Crippen molar-refractivity contribution < 1.29 is 24.9 Å². The van der Waals surface area contributed by atoms with Crippen LogP contribution in [0, 0.1) is 5.41 Å². The summed E-state index contributed by atoms with van der Waals surface area (Å²) in [6.07, 6.45) is 2.02. The largest absolute Gasteiger partial charge is 0.393 e. The van der Waals surface area contributed by atoms with Gasteiger partial charge in [0.2, 0.25) is 0 Å². The number of nitrogens with zero attached hydrogens (tertiary/aromatic N) is 2. The van der Waals surface area contributed by atoms with Crippen molar-refractivity contribution in [2.24, 2.45) is 5.41 Å². The van der Waals surface area contributed by atoms with Gasteiger partial charge in [-0.05, 0) is 68.7 Å². The standard InChI is InChI=1S/C25H34N2O5/c1-2-24-9-5-12-26-13-11-25(23(24)26)15-6-3-4-7-16(15)27(18(25)8-10-24)22-21(31)20(30)19(29)17(14-28)32-22/h3-4,6-7,17-18,20-23,28,30-31H,2,5,8-14H2,1H3. The van der Waals surface area contributed by atoms with E-state index in [2.05, 4.69) is 34.9 Å². The molecule has 0 aromatic heterocycles. The van der Waals surface area contributed by atoms with Gasteiger partial charge in [-0.15, -0.1) is 0 Å². The molecule has 7 nitrogen and oxygen atoms in total. The highest BCUT2D eigenvalue weighted by Crippen LogP contribution is 2.65. The molecular formula is C25H34N2O5. The van der Waals surface area contributed by atoms with Gasteiger partial charge in [0.05, 0.1) is 6.61 Å². The van der Waals surface area contributed by atoms with Crippen LogP contribution in [0.1, 0.15) is 51.0 Å². The highest BCUT2D eigenvalue weighted by Gasteiger charge is 2.69. The Hall–Kier alpha value is -1.51. The summed E-state index contributed by atoms with van der Waals surface area (Å²) in [5, 5.41) is 31.2. The Balaban J connectivity index is 1.49. The van der Waals surface area contributed by atoms with Crippen LogP contribution in [0.5, 0.6) is 0 Å². The maximum absolute atomic E-state index is 12.3. The predicted octanol–water partition coefficient (Wildman–Crippen LogP) is 1.18. The highest BCUT2D eigenvalue weighted by molar-refractivity contribution is 5.89. The van der Waals surface area contributed by atoms with E-state index in [1.165, 1.54) is 24.8 Å². The Morgan fingerprint density at radius 3 is 2.75 bits per heavy atom. The van der Waals surface area contributed by atoms with Crippen molar-refractivity contribution in [1.29, 1.82) is 0 Å². The number of fused-ring (bicyclic) bond motifs is 1. The number of para-hydroxylation sites is 1. The van der Waals surface area contributed by atoms with Crippen LogP contribution in [0.25, 0.3) is 0 Å². The molecule has 0 amide bonds. The fourth-order valence-corrected chi connectivity index (χ4v) is 8.32. The van der Waals surface area contributed by atoms with Gasteiger partial charge in [-0.1, -0.05) is 25.1 Å². The molecule has 4 aliphatic heterocycles. The van der Waals surface area contributed by atoms with E-state index in [0.29, 0.717) is 11.5 Å². The number of rotatable bonds is 3. The quantitative estimate of drug-likeness (QED) is 0.647. The lowest BCUT2D eigenvalue weighted by molar-refractivity contribution is -0.188. The van der Waals surface area contributed by atoms with Gasteiger partial charge >= 0.3 is 0 Å². The lowest BCUT2D eigenvalue weighted by Gasteiger charge is -2.59. The minimum atomic E-state index is -1.55. The highest BCUT2D eigenvalue weighted by atomic mass is 16.5. The number of aliphatic hydroxyl groups excluding tert-OH is 3. The normalized spacial score (nSPS) is 45.5. The molecule has 3 saturated heterocycles. The van der Waals surface area contributed by atoms with E-state index < -0.39 is 36.9 Å². The Labute approximate surface area is 189 Å². The van der Waals surface area contributed by atoms with Crippen LogP contribution in [0.3, 0.4) is 0 Å². The zero-order valence-corrected chi connectivity index (χ0v) is 18.7. The van der Waals surface area contributed by atoms with Crippen molar-refractivity contribution in [2.75, 3.05) is 24.6 Å². The van der Waals surface area contributed by atoms with Gasteiger partial charge in [-0.3, -0.25) is 9.69 Å². The van der Waals surface area contributed by atoms with Crippen LogP contribution >= 0.6 is 0 Å². The molecule has 4 heterocycles. The van der Waals surface area contributed by atoms with E-state index in [0.717, 1.165) is 38.0 Å². The third-order valence-electron chi connectivity index (χ3n) is 9.57. The Kier molecular flexibility index (Phi) is 4.76. The van der Waals surface area contributed by atoms with Gasteiger partial charge in [0.1, 0.15) is 18.3 Å². The number of carbonyl (C=O) groups excluding carboxylic acids is 1. The van der Waals surface area contributed by atoms with Crippen molar-refractivity contribution in [1.82, 2.24) is 4.90 Å². The van der Waals surface area contributed by atoms with Gasteiger partial charge in [0, 0.05) is 23.2 Å². The van der Waals surface area contributed by atoms with E-state index in [-0.39, 0.29) is 11.5 Å². The van der Waals surface area contributed by atoms with Crippen molar-refractivity contribution >= 4 is 11.5 Å². The molecule has 5 aliphatic rings. The third-order valence-corrected chi connectivity index (χ3v) is 9.57. The van der Waals surface area contributed by atoms with Crippen LogP contribution in [0.15, 0.2) is 24.3 Å². The first kappa shape index (κ1) is 21.1. The van der Waals surface area contributed by atoms with Gasteiger partial charge < -0.3 is 25.0 Å². The molecule has 7 heteroatoms. The molecule has 1 aromatic carbocycles. The van der Waals surface area contributed by atoms with Gasteiger partial charge in [-0.25, -0.2) is 0 Å². The molecule has 0 bridgehead atoms. The predicted molar refractivity (Wildman–Crippen MR) is 118 cm³/mol.